The van der Waals surface area contributed by atoms with Crippen LogP contribution in [0.4, 0.5) is 18.9 Å². The first-order valence-electron chi connectivity index (χ1n) is 10.7. The third kappa shape index (κ3) is 5.02. The van der Waals surface area contributed by atoms with E-state index in [9.17, 15) is 27.9 Å². The zero-order chi connectivity index (χ0) is 26.7. The Morgan fingerprint density at radius 3 is 2.42 bits per heavy atom. The van der Waals surface area contributed by atoms with Gasteiger partial charge in [0.2, 0.25) is 5.60 Å². The number of benzene rings is 2. The van der Waals surface area contributed by atoms with Gasteiger partial charge in [0, 0.05) is 11.6 Å². The van der Waals surface area contributed by atoms with Crippen LogP contribution < -0.4 is 10.2 Å². The number of carboxylic acids is 1. The van der Waals surface area contributed by atoms with Crippen LogP contribution in [0.3, 0.4) is 0 Å². The molecule has 0 aromatic heterocycles. The Morgan fingerprint density at radius 2 is 1.89 bits per heavy atom. The largest absolute Gasteiger partial charge is 0.478 e. The van der Waals surface area contributed by atoms with Crippen LogP contribution in [-0.4, -0.2) is 40.1 Å². The lowest BCUT2D eigenvalue weighted by Crippen LogP contribution is -2.65. The van der Waals surface area contributed by atoms with Crippen molar-refractivity contribution in [2.75, 3.05) is 5.43 Å². The molecule has 8 nitrogen and oxygen atoms in total. The van der Waals surface area contributed by atoms with Crippen molar-refractivity contribution in [3.05, 3.63) is 71.3 Å². The molecule has 3 rings (SSSR count). The smallest absolute Gasteiger partial charge is 0.417 e. The van der Waals surface area contributed by atoms with Crippen LogP contribution in [0.1, 0.15) is 30.5 Å². The van der Waals surface area contributed by atoms with E-state index in [0.29, 0.717) is 11.8 Å². The van der Waals surface area contributed by atoms with E-state index in [2.05, 4.69) is 5.43 Å². The van der Waals surface area contributed by atoms with Gasteiger partial charge in [0.15, 0.2) is 0 Å². The number of aliphatic carboxylic acids is 1. The maximum absolute atomic E-state index is 13.5. The Bertz CT molecular complexity index is 1260. The van der Waals surface area contributed by atoms with Crippen molar-refractivity contribution in [2.45, 2.75) is 37.7 Å². The third-order valence-electron chi connectivity index (χ3n) is 5.96. The number of alkyl halides is 3. The highest BCUT2D eigenvalue weighted by molar-refractivity contribution is 5.82. The topological polar surface area (TPSA) is 126 Å². The lowest BCUT2D eigenvalue weighted by molar-refractivity contribution is -0.157. The molecule has 3 unspecified atom stereocenters. The van der Waals surface area contributed by atoms with E-state index in [4.69, 9.17) is 15.3 Å². The van der Waals surface area contributed by atoms with Gasteiger partial charge < -0.3 is 20.1 Å². The number of carbonyl (C=O) groups is 2. The predicted molar refractivity (Wildman–Crippen MR) is 121 cm³/mol. The van der Waals surface area contributed by atoms with Crippen LogP contribution >= 0.6 is 0 Å². The minimum atomic E-state index is -4.80. The maximum atomic E-state index is 13.5. The molecule has 2 N–H and O–H groups in total. The second-order valence-electron chi connectivity index (χ2n) is 8.25. The summed E-state index contributed by atoms with van der Waals surface area (Å²) in [4.78, 5) is 24.1. The van der Waals surface area contributed by atoms with E-state index in [-0.39, 0.29) is 11.4 Å². The molecule has 0 bridgehead atoms. The Morgan fingerprint density at radius 1 is 1.22 bits per heavy atom. The molecule has 0 saturated heterocycles. The van der Waals surface area contributed by atoms with Crippen molar-refractivity contribution in [3.63, 3.8) is 0 Å². The van der Waals surface area contributed by atoms with Gasteiger partial charge in [-0.3, -0.25) is 0 Å². The minimum Gasteiger partial charge on any atom is -0.478 e. The number of rotatable bonds is 7. The van der Waals surface area contributed by atoms with Crippen molar-refractivity contribution in [3.8, 4) is 17.9 Å². The van der Waals surface area contributed by atoms with Crippen LogP contribution in [0, 0.1) is 28.6 Å². The molecule has 1 aliphatic heterocycles. The summed E-state index contributed by atoms with van der Waals surface area (Å²) in [6.45, 7) is 3.08. The monoisotopic (exact) mass is 498 g/mol. The summed E-state index contributed by atoms with van der Waals surface area (Å²) in [7, 11) is 0. The van der Waals surface area contributed by atoms with E-state index in [1.807, 2.05) is 6.07 Å². The summed E-state index contributed by atoms with van der Waals surface area (Å²) in [6.07, 6.45) is -1.40. The molecule has 0 amide bonds. The highest BCUT2D eigenvalue weighted by Crippen LogP contribution is 2.36. The van der Waals surface area contributed by atoms with Gasteiger partial charge in [0.1, 0.15) is 12.0 Å². The molecule has 4 atom stereocenters. The molecule has 1 heterocycles. The fourth-order valence-corrected chi connectivity index (χ4v) is 3.92. The number of aldehydes is 1. The summed E-state index contributed by atoms with van der Waals surface area (Å²) in [5.41, 5.74) is -0.655. The first kappa shape index (κ1) is 26.3. The van der Waals surface area contributed by atoms with Gasteiger partial charge in [-0.15, -0.1) is 0 Å². The SMILES string of the molecule is CC(C=O)C1C=C[C@@](Oc2ccc(C#N)cc2)(C(=O)O)C(C)N1Nc1ccc(C#N)c(C(F)(F)F)c1. The summed E-state index contributed by atoms with van der Waals surface area (Å²) < 4.78 is 46.3. The third-order valence-corrected chi connectivity index (χ3v) is 5.96. The summed E-state index contributed by atoms with van der Waals surface area (Å²) in [5, 5.41) is 29.6. The number of hydrazine groups is 1. The van der Waals surface area contributed by atoms with Crippen LogP contribution in [-0.2, 0) is 15.8 Å². The van der Waals surface area contributed by atoms with Crippen LogP contribution in [0.25, 0.3) is 0 Å². The van der Waals surface area contributed by atoms with Gasteiger partial charge >= 0.3 is 12.1 Å². The summed E-state index contributed by atoms with van der Waals surface area (Å²) in [6, 6.07) is 10.4. The van der Waals surface area contributed by atoms with Crippen molar-refractivity contribution < 1.29 is 32.6 Å². The van der Waals surface area contributed by atoms with E-state index in [1.165, 1.54) is 60.5 Å². The predicted octanol–water partition coefficient (Wildman–Crippen LogP) is 4.14. The van der Waals surface area contributed by atoms with Gasteiger partial charge in [-0.2, -0.15) is 23.7 Å². The molecule has 1 aliphatic rings. The summed E-state index contributed by atoms with van der Waals surface area (Å²) in [5.74, 6) is -1.90. The Labute approximate surface area is 204 Å². The number of nitriles is 2. The average molecular weight is 498 g/mol. The van der Waals surface area contributed by atoms with Crippen LogP contribution in [0.5, 0.6) is 5.75 Å². The van der Waals surface area contributed by atoms with Gasteiger partial charge in [0.05, 0.1) is 40.9 Å². The number of carboxylic acid groups (broad SMARTS) is 1. The van der Waals surface area contributed by atoms with Gasteiger partial charge in [0.25, 0.3) is 0 Å². The van der Waals surface area contributed by atoms with E-state index in [1.54, 1.807) is 6.92 Å². The second-order valence-corrected chi connectivity index (χ2v) is 8.25. The number of ether oxygens (including phenoxy) is 1. The Hall–Kier alpha value is -4.35. The van der Waals surface area contributed by atoms with Crippen LogP contribution in [0.2, 0.25) is 0 Å². The fraction of sp³-hybridized carbons (Fsp3) is 0.280. The molecule has 0 radical (unpaired) electrons. The zero-order valence-corrected chi connectivity index (χ0v) is 19.2. The molecule has 36 heavy (non-hydrogen) atoms. The first-order chi connectivity index (χ1) is 17.0. The number of nitrogens with zero attached hydrogens (tertiary/aromatic N) is 3. The lowest BCUT2D eigenvalue weighted by atomic mass is 9.85. The summed E-state index contributed by atoms with van der Waals surface area (Å²) >= 11 is 0. The number of hydrogen-bond donors (Lipinski definition) is 2. The average Bonchev–Trinajstić information content (AvgIpc) is 2.85. The Balaban J connectivity index is 2.06. The van der Waals surface area contributed by atoms with E-state index in [0.717, 1.165) is 12.1 Å². The number of halogens is 3. The molecular formula is C25H21F3N4O4. The van der Waals surface area contributed by atoms with Crippen molar-refractivity contribution >= 4 is 17.9 Å². The molecule has 2 aromatic rings. The van der Waals surface area contributed by atoms with Gasteiger partial charge in [-0.05, 0) is 55.5 Å². The molecule has 186 valence electrons. The molecule has 2 aromatic carbocycles. The molecule has 11 heteroatoms. The number of anilines is 1. The lowest BCUT2D eigenvalue weighted by Gasteiger charge is -2.47. The fourth-order valence-electron chi connectivity index (χ4n) is 3.92. The second kappa shape index (κ2) is 10.1. The highest BCUT2D eigenvalue weighted by Gasteiger charge is 2.52. The van der Waals surface area contributed by atoms with E-state index >= 15 is 0 Å². The van der Waals surface area contributed by atoms with Crippen LogP contribution in [0.15, 0.2) is 54.6 Å². The standard InChI is InChI=1S/C25H21F3N4O4/c1-15(14-33)22-9-10-24(23(34)35,36-20-7-3-17(12-29)4-8-20)16(2)32(22)31-19-6-5-18(13-30)21(11-19)25(26,27)28/h3-11,14-16,22,31H,1-2H3,(H,34,35)/t15?,16?,22?,24-/m0/s1. The van der Waals surface area contributed by atoms with Crippen molar-refractivity contribution in [1.82, 2.24) is 5.01 Å². The van der Waals surface area contributed by atoms with Crippen molar-refractivity contribution in [2.24, 2.45) is 5.92 Å². The highest BCUT2D eigenvalue weighted by atomic mass is 19.4. The number of nitrogens with one attached hydrogen (secondary N) is 1. The molecule has 0 fully saturated rings. The van der Waals surface area contributed by atoms with Crippen molar-refractivity contribution in [1.29, 1.82) is 10.5 Å². The van der Waals surface area contributed by atoms with Gasteiger partial charge in [-0.1, -0.05) is 13.0 Å². The molecular weight excluding hydrogens is 477 g/mol. The maximum Gasteiger partial charge on any atom is 0.417 e. The van der Waals surface area contributed by atoms with Gasteiger partial charge in [-0.25, -0.2) is 9.80 Å². The molecule has 0 spiro atoms. The molecule has 0 aliphatic carbocycles. The quantitative estimate of drug-likeness (QED) is 0.431. The van der Waals surface area contributed by atoms with E-state index < -0.39 is 46.9 Å². The number of hydrogen-bond acceptors (Lipinski definition) is 7. The minimum absolute atomic E-state index is 0.0655. The Kier molecular flexibility index (Phi) is 7.37. The first-order valence-corrected chi connectivity index (χ1v) is 10.7. The normalized spacial score (nSPS) is 22.6. The zero-order valence-electron chi connectivity index (χ0n) is 19.2. The molecule has 0 saturated carbocycles. The number of carbonyl (C=O) groups excluding carboxylic acids is 1.